The number of benzene rings is 1. The minimum Gasteiger partial charge on any atom is -0.394 e. The topological polar surface area (TPSA) is 48.0 Å². The minimum absolute atomic E-state index is 0.166. The number of aromatic nitrogens is 1. The molecule has 2 rings (SSSR count). The Morgan fingerprint density at radius 3 is 2.69 bits per heavy atom. The summed E-state index contributed by atoms with van der Waals surface area (Å²) in [6.07, 6.45) is 3.10. The third-order valence-electron chi connectivity index (χ3n) is 2.32. The summed E-state index contributed by atoms with van der Waals surface area (Å²) >= 11 is 0. The number of nitrogen functional groups attached to an aromatic ring is 1. The Kier molecular flexibility index (Phi) is 2.72. The zero-order valence-electron chi connectivity index (χ0n) is 8.56. The maximum Gasteiger partial charge on any atom is 0.204 e. The van der Waals surface area contributed by atoms with Crippen molar-refractivity contribution in [2.45, 2.75) is 6.54 Å². The van der Waals surface area contributed by atoms with E-state index in [1.54, 1.807) is 29.0 Å². The number of pyridine rings is 1. The summed E-state index contributed by atoms with van der Waals surface area (Å²) in [6, 6.07) is 7.88. The molecule has 0 bridgehead atoms. The lowest BCUT2D eigenvalue weighted by atomic mass is 10.2. The van der Waals surface area contributed by atoms with Crippen molar-refractivity contribution >= 4 is 5.69 Å². The second kappa shape index (κ2) is 4.18. The summed E-state index contributed by atoms with van der Waals surface area (Å²) < 4.78 is 15.0. The lowest BCUT2D eigenvalue weighted by Gasteiger charge is -2.07. The highest BCUT2D eigenvalue weighted by molar-refractivity contribution is 5.34. The average Bonchev–Trinajstić information content (AvgIpc) is 2.27. The van der Waals surface area contributed by atoms with E-state index in [4.69, 9.17) is 5.73 Å². The molecule has 0 unspecified atom stereocenters. The highest BCUT2D eigenvalue weighted by Gasteiger charge is 2.01. The molecule has 2 aromatic rings. The first-order chi connectivity index (χ1) is 7.66. The quantitative estimate of drug-likeness (QED) is 0.832. The lowest BCUT2D eigenvalue weighted by Crippen LogP contribution is -2.11. The SMILES string of the molecule is Nc1cn(Cc2ccccc2F)ccc1=O. The van der Waals surface area contributed by atoms with Crippen molar-refractivity contribution in [3.05, 3.63) is 64.3 Å². The van der Waals surface area contributed by atoms with Gasteiger partial charge in [-0.1, -0.05) is 18.2 Å². The number of halogens is 1. The van der Waals surface area contributed by atoms with Gasteiger partial charge in [0.1, 0.15) is 5.82 Å². The summed E-state index contributed by atoms with van der Waals surface area (Å²) in [4.78, 5) is 11.1. The molecule has 1 heterocycles. The third-order valence-corrected chi connectivity index (χ3v) is 2.32. The Balaban J connectivity index is 2.31. The molecular weight excluding hydrogens is 207 g/mol. The van der Waals surface area contributed by atoms with Crippen LogP contribution in [0, 0.1) is 5.82 Å². The van der Waals surface area contributed by atoms with Gasteiger partial charge in [0.15, 0.2) is 0 Å². The first-order valence-corrected chi connectivity index (χ1v) is 4.86. The number of rotatable bonds is 2. The fraction of sp³-hybridized carbons (Fsp3) is 0.0833. The Morgan fingerprint density at radius 2 is 2.00 bits per heavy atom. The van der Waals surface area contributed by atoms with Crippen LogP contribution in [0.3, 0.4) is 0 Å². The molecule has 16 heavy (non-hydrogen) atoms. The molecule has 3 nitrogen and oxygen atoms in total. The molecule has 0 aliphatic rings. The van der Waals surface area contributed by atoms with Crippen molar-refractivity contribution in [3.8, 4) is 0 Å². The van der Waals surface area contributed by atoms with E-state index in [-0.39, 0.29) is 16.9 Å². The van der Waals surface area contributed by atoms with Gasteiger partial charge in [0.25, 0.3) is 0 Å². The molecule has 0 atom stereocenters. The Hall–Kier alpha value is -2.10. The van der Waals surface area contributed by atoms with E-state index in [9.17, 15) is 9.18 Å². The molecule has 0 aliphatic carbocycles. The summed E-state index contributed by atoms with van der Waals surface area (Å²) in [7, 11) is 0. The van der Waals surface area contributed by atoms with E-state index in [1.165, 1.54) is 18.3 Å². The molecule has 0 fully saturated rings. The van der Waals surface area contributed by atoms with Crippen molar-refractivity contribution in [2.75, 3.05) is 5.73 Å². The summed E-state index contributed by atoms with van der Waals surface area (Å²) in [6.45, 7) is 0.358. The van der Waals surface area contributed by atoms with Crippen LogP contribution >= 0.6 is 0 Å². The van der Waals surface area contributed by atoms with Gasteiger partial charge in [-0.3, -0.25) is 4.79 Å². The molecule has 1 aromatic carbocycles. The monoisotopic (exact) mass is 218 g/mol. The molecule has 0 radical (unpaired) electrons. The van der Waals surface area contributed by atoms with Gasteiger partial charge < -0.3 is 10.3 Å². The normalized spacial score (nSPS) is 10.3. The van der Waals surface area contributed by atoms with Gasteiger partial charge >= 0.3 is 0 Å². The molecule has 0 saturated heterocycles. The van der Waals surface area contributed by atoms with Gasteiger partial charge in [0.2, 0.25) is 5.43 Å². The maximum atomic E-state index is 13.3. The van der Waals surface area contributed by atoms with Gasteiger partial charge in [-0.2, -0.15) is 0 Å². The average molecular weight is 218 g/mol. The summed E-state index contributed by atoms with van der Waals surface area (Å²) in [5.41, 5.74) is 5.99. The van der Waals surface area contributed by atoms with Gasteiger partial charge in [0.05, 0.1) is 5.69 Å². The van der Waals surface area contributed by atoms with Crippen LogP contribution in [-0.2, 0) is 6.54 Å². The molecule has 82 valence electrons. The predicted octanol–water partition coefficient (Wildman–Crippen LogP) is 1.62. The van der Waals surface area contributed by atoms with Crippen molar-refractivity contribution in [3.63, 3.8) is 0 Å². The van der Waals surface area contributed by atoms with Crippen LogP contribution in [0.25, 0.3) is 0 Å². The molecule has 1 aromatic heterocycles. The molecule has 2 N–H and O–H groups in total. The highest BCUT2D eigenvalue weighted by Crippen LogP contribution is 2.08. The van der Waals surface area contributed by atoms with Gasteiger partial charge in [-0.15, -0.1) is 0 Å². The van der Waals surface area contributed by atoms with Gasteiger partial charge in [0, 0.05) is 30.6 Å². The van der Waals surface area contributed by atoms with E-state index < -0.39 is 0 Å². The molecule has 0 saturated carbocycles. The van der Waals surface area contributed by atoms with Crippen LogP contribution in [0.1, 0.15) is 5.56 Å². The first kappa shape index (κ1) is 10.4. The smallest absolute Gasteiger partial charge is 0.204 e. The van der Waals surface area contributed by atoms with Gasteiger partial charge in [-0.05, 0) is 6.07 Å². The first-order valence-electron chi connectivity index (χ1n) is 4.86. The molecule has 4 heteroatoms. The second-order valence-corrected chi connectivity index (χ2v) is 3.53. The Morgan fingerprint density at radius 1 is 1.25 bits per heavy atom. The second-order valence-electron chi connectivity index (χ2n) is 3.53. The minimum atomic E-state index is -0.264. The predicted molar refractivity (Wildman–Crippen MR) is 60.6 cm³/mol. The summed E-state index contributed by atoms with van der Waals surface area (Å²) in [5, 5.41) is 0. The molecule has 0 spiro atoms. The fourth-order valence-electron chi connectivity index (χ4n) is 1.47. The van der Waals surface area contributed by atoms with E-state index >= 15 is 0 Å². The summed E-state index contributed by atoms with van der Waals surface area (Å²) in [5.74, 6) is -0.264. The van der Waals surface area contributed by atoms with E-state index in [0.717, 1.165) is 0 Å². The van der Waals surface area contributed by atoms with Crippen LogP contribution in [0.4, 0.5) is 10.1 Å². The van der Waals surface area contributed by atoms with E-state index in [1.807, 2.05) is 0 Å². The highest BCUT2D eigenvalue weighted by atomic mass is 19.1. The van der Waals surface area contributed by atoms with Crippen molar-refractivity contribution in [1.82, 2.24) is 4.57 Å². The molecule has 0 amide bonds. The van der Waals surface area contributed by atoms with Crippen LogP contribution < -0.4 is 11.2 Å². The Bertz CT molecular complexity index is 563. The van der Waals surface area contributed by atoms with Gasteiger partial charge in [-0.25, -0.2) is 4.39 Å². The van der Waals surface area contributed by atoms with Crippen LogP contribution in [0.15, 0.2) is 47.5 Å². The number of anilines is 1. The number of hydrogen-bond acceptors (Lipinski definition) is 2. The molecular formula is C12H11FN2O. The van der Waals surface area contributed by atoms with Crippen LogP contribution in [0.5, 0.6) is 0 Å². The van der Waals surface area contributed by atoms with Crippen LogP contribution in [0.2, 0.25) is 0 Å². The number of nitrogens with zero attached hydrogens (tertiary/aromatic N) is 1. The molecule has 0 aliphatic heterocycles. The zero-order valence-corrected chi connectivity index (χ0v) is 8.56. The van der Waals surface area contributed by atoms with E-state index in [2.05, 4.69) is 0 Å². The fourth-order valence-corrected chi connectivity index (χ4v) is 1.47. The van der Waals surface area contributed by atoms with Crippen molar-refractivity contribution in [1.29, 1.82) is 0 Å². The van der Waals surface area contributed by atoms with E-state index in [0.29, 0.717) is 12.1 Å². The maximum absolute atomic E-state index is 13.3. The van der Waals surface area contributed by atoms with Crippen molar-refractivity contribution in [2.24, 2.45) is 0 Å². The number of hydrogen-bond donors (Lipinski definition) is 1. The lowest BCUT2D eigenvalue weighted by molar-refractivity contribution is 0.599. The third kappa shape index (κ3) is 2.11. The number of nitrogens with two attached hydrogens (primary N) is 1. The van der Waals surface area contributed by atoms with Crippen LogP contribution in [-0.4, -0.2) is 4.57 Å². The Labute approximate surface area is 92.0 Å². The largest absolute Gasteiger partial charge is 0.394 e. The zero-order chi connectivity index (χ0) is 11.5. The van der Waals surface area contributed by atoms with Crippen molar-refractivity contribution < 1.29 is 4.39 Å². The standard InChI is InChI=1S/C12H11FN2O/c13-10-4-2-1-3-9(10)7-15-6-5-12(16)11(14)8-15/h1-6,8H,7,14H2.